The molecule has 6 atom stereocenters. The van der Waals surface area contributed by atoms with Crippen molar-refractivity contribution in [1.82, 2.24) is 0 Å². The van der Waals surface area contributed by atoms with Crippen molar-refractivity contribution in [2.45, 2.75) is 49.8 Å². The van der Waals surface area contributed by atoms with Gasteiger partial charge in [-0.2, -0.15) is 0 Å². The van der Waals surface area contributed by atoms with Gasteiger partial charge in [0.05, 0.1) is 18.1 Å². The minimum Gasteiger partial charge on any atom is -0.457 e. The van der Waals surface area contributed by atoms with Gasteiger partial charge in [-0.15, -0.1) is 0 Å². The van der Waals surface area contributed by atoms with Gasteiger partial charge < -0.3 is 29.5 Å². The molecule has 1 fully saturated rings. The number of aliphatic hydroxyl groups excluding tert-OH is 3. The van der Waals surface area contributed by atoms with Crippen LogP contribution in [0.25, 0.3) is 0 Å². The van der Waals surface area contributed by atoms with Gasteiger partial charge in [0.2, 0.25) is 5.79 Å². The van der Waals surface area contributed by atoms with Gasteiger partial charge in [0.25, 0.3) is 0 Å². The minimum absolute atomic E-state index is 0.131. The van der Waals surface area contributed by atoms with Crippen molar-refractivity contribution in [1.29, 1.82) is 0 Å². The van der Waals surface area contributed by atoms with Crippen LogP contribution in [-0.4, -0.2) is 51.8 Å². The molecule has 2 heterocycles. The second-order valence-electron chi connectivity index (χ2n) is 7.12. The number of rotatable bonds is 3. The maximum atomic E-state index is 12.8. The second-order valence-corrected chi connectivity index (χ2v) is 7.12. The maximum Gasteiger partial charge on any atom is 0.247 e. The summed E-state index contributed by atoms with van der Waals surface area (Å²) in [7, 11) is 0. The van der Waals surface area contributed by atoms with Gasteiger partial charge in [-0.1, -0.05) is 42.5 Å². The molecule has 3 N–H and O–H groups in total. The molecule has 0 aliphatic carbocycles. The molecule has 0 spiro atoms. The molecular weight excluding hydrogens is 364 g/mol. The molecule has 1 saturated heterocycles. The van der Waals surface area contributed by atoms with E-state index < -0.39 is 36.5 Å². The molecule has 4 rings (SSSR count). The first-order valence-electron chi connectivity index (χ1n) is 9.15. The SMILES string of the molecule is C[C@H]1OC(OC2(c3ccccc3)CC(=O)c3ccccc3O2)[C@@H](O)[C@@H](O)[C@@H]1O. The van der Waals surface area contributed by atoms with Crippen molar-refractivity contribution in [3.8, 4) is 5.75 Å². The van der Waals surface area contributed by atoms with Crippen molar-refractivity contribution in [3.05, 3.63) is 65.7 Å². The Hall–Kier alpha value is -2.29. The smallest absolute Gasteiger partial charge is 0.247 e. The highest BCUT2D eigenvalue weighted by Crippen LogP contribution is 2.42. The normalized spacial score (nSPS) is 35.1. The van der Waals surface area contributed by atoms with Crippen LogP contribution in [0, 0.1) is 0 Å². The Kier molecular flexibility index (Phi) is 4.95. The van der Waals surface area contributed by atoms with E-state index in [1.807, 2.05) is 6.07 Å². The Morgan fingerprint density at radius 3 is 2.39 bits per heavy atom. The van der Waals surface area contributed by atoms with E-state index in [9.17, 15) is 20.1 Å². The van der Waals surface area contributed by atoms with E-state index in [4.69, 9.17) is 14.2 Å². The quantitative estimate of drug-likeness (QED) is 0.731. The fraction of sp³-hybridized carbons (Fsp3) is 0.381. The largest absolute Gasteiger partial charge is 0.457 e. The number of ether oxygens (including phenoxy) is 3. The molecule has 0 aromatic heterocycles. The van der Waals surface area contributed by atoms with Crippen LogP contribution < -0.4 is 4.74 Å². The average Bonchev–Trinajstić information content (AvgIpc) is 2.71. The summed E-state index contributed by atoms with van der Waals surface area (Å²) in [5.74, 6) is -1.36. The molecule has 148 valence electrons. The van der Waals surface area contributed by atoms with E-state index in [0.717, 1.165) is 0 Å². The number of carbonyl (C=O) groups excluding carboxylic acids is 1. The van der Waals surface area contributed by atoms with Crippen LogP contribution >= 0.6 is 0 Å². The van der Waals surface area contributed by atoms with Gasteiger partial charge in [-0.25, -0.2) is 0 Å². The Labute approximate surface area is 162 Å². The number of hydrogen-bond donors (Lipinski definition) is 3. The first kappa shape index (κ1) is 19.0. The molecule has 0 amide bonds. The van der Waals surface area contributed by atoms with Crippen LogP contribution in [0.2, 0.25) is 0 Å². The maximum absolute atomic E-state index is 12.8. The Balaban J connectivity index is 1.73. The van der Waals surface area contributed by atoms with Crippen LogP contribution in [-0.2, 0) is 15.3 Å². The van der Waals surface area contributed by atoms with Gasteiger partial charge in [-0.3, -0.25) is 4.79 Å². The van der Waals surface area contributed by atoms with E-state index in [2.05, 4.69) is 0 Å². The highest BCUT2D eigenvalue weighted by molar-refractivity contribution is 6.00. The number of fused-ring (bicyclic) bond motifs is 1. The molecule has 0 bridgehead atoms. The summed E-state index contributed by atoms with van der Waals surface area (Å²) in [6.07, 6.45) is -6.42. The Bertz CT molecular complexity index is 855. The third kappa shape index (κ3) is 3.21. The van der Waals surface area contributed by atoms with Crippen LogP contribution in [0.3, 0.4) is 0 Å². The summed E-state index contributed by atoms with van der Waals surface area (Å²) >= 11 is 0. The summed E-state index contributed by atoms with van der Waals surface area (Å²) in [4.78, 5) is 12.8. The lowest BCUT2D eigenvalue weighted by Gasteiger charge is -2.45. The van der Waals surface area contributed by atoms with Crippen molar-refractivity contribution in [3.63, 3.8) is 0 Å². The van der Waals surface area contributed by atoms with E-state index in [1.54, 1.807) is 55.5 Å². The van der Waals surface area contributed by atoms with Crippen molar-refractivity contribution in [2.24, 2.45) is 0 Å². The monoisotopic (exact) mass is 386 g/mol. The van der Waals surface area contributed by atoms with E-state index in [0.29, 0.717) is 16.9 Å². The summed E-state index contributed by atoms with van der Waals surface area (Å²) in [5.41, 5.74) is 1.02. The zero-order chi connectivity index (χ0) is 19.9. The first-order chi connectivity index (χ1) is 13.4. The highest BCUT2D eigenvalue weighted by atomic mass is 16.8. The van der Waals surface area contributed by atoms with Crippen LogP contribution in [0.1, 0.15) is 29.3 Å². The first-order valence-corrected chi connectivity index (χ1v) is 9.15. The lowest BCUT2D eigenvalue weighted by atomic mass is 9.92. The molecule has 2 aromatic carbocycles. The summed E-state index contributed by atoms with van der Waals surface area (Å²) in [5, 5.41) is 30.4. The van der Waals surface area contributed by atoms with Crippen LogP contribution in [0.5, 0.6) is 5.75 Å². The van der Waals surface area contributed by atoms with E-state index in [1.165, 1.54) is 0 Å². The zero-order valence-electron chi connectivity index (χ0n) is 15.3. The fourth-order valence-corrected chi connectivity index (χ4v) is 3.59. The molecular formula is C21H22O7. The number of carbonyl (C=O) groups is 1. The number of para-hydroxylation sites is 1. The summed E-state index contributed by atoms with van der Waals surface area (Å²) < 4.78 is 17.8. The average molecular weight is 386 g/mol. The molecule has 2 aromatic rings. The topological polar surface area (TPSA) is 105 Å². The molecule has 2 aliphatic heterocycles. The second kappa shape index (κ2) is 7.27. The molecule has 7 heteroatoms. The standard InChI is InChI=1S/C21H22O7/c1-12-17(23)18(24)19(25)20(26-12)28-21(13-7-3-2-4-8-13)11-15(22)14-9-5-6-10-16(14)27-21/h2-10,12,17-20,23-25H,11H2,1H3/t12-,17-,18+,19+,20?,21?/m1/s1. The number of Topliss-reactive ketones (excluding diaryl/α,β-unsaturated/α-hetero) is 1. The highest BCUT2D eigenvalue weighted by Gasteiger charge is 2.50. The number of aliphatic hydroxyl groups is 3. The lowest BCUT2D eigenvalue weighted by molar-refractivity contribution is -0.355. The zero-order valence-corrected chi connectivity index (χ0v) is 15.3. The van der Waals surface area contributed by atoms with Crippen molar-refractivity contribution >= 4 is 5.78 Å². The van der Waals surface area contributed by atoms with Crippen LogP contribution in [0.4, 0.5) is 0 Å². The minimum atomic E-state index is -1.54. The van der Waals surface area contributed by atoms with Gasteiger partial charge in [0.15, 0.2) is 12.1 Å². The van der Waals surface area contributed by atoms with Gasteiger partial charge in [0, 0.05) is 5.56 Å². The summed E-state index contributed by atoms with van der Waals surface area (Å²) in [6, 6.07) is 15.8. The molecule has 7 nitrogen and oxygen atoms in total. The predicted octanol–water partition coefficient (Wildman–Crippen LogP) is 1.35. The molecule has 2 unspecified atom stereocenters. The third-order valence-corrected chi connectivity index (χ3v) is 5.18. The molecule has 0 radical (unpaired) electrons. The number of ketones is 1. The number of benzene rings is 2. The molecule has 0 saturated carbocycles. The lowest BCUT2D eigenvalue weighted by Crippen LogP contribution is -2.59. The van der Waals surface area contributed by atoms with E-state index >= 15 is 0 Å². The van der Waals surface area contributed by atoms with E-state index in [-0.39, 0.29) is 12.2 Å². The predicted molar refractivity (Wildman–Crippen MR) is 97.6 cm³/mol. The van der Waals surface area contributed by atoms with Gasteiger partial charge in [0.1, 0.15) is 24.1 Å². The van der Waals surface area contributed by atoms with Crippen molar-refractivity contribution < 1.29 is 34.3 Å². The molecule has 2 aliphatic rings. The van der Waals surface area contributed by atoms with Gasteiger partial charge in [-0.05, 0) is 19.1 Å². The summed E-state index contributed by atoms with van der Waals surface area (Å²) in [6.45, 7) is 1.56. The fourth-order valence-electron chi connectivity index (χ4n) is 3.59. The van der Waals surface area contributed by atoms with Gasteiger partial charge >= 0.3 is 0 Å². The Morgan fingerprint density at radius 2 is 1.64 bits per heavy atom. The van der Waals surface area contributed by atoms with Crippen LogP contribution in [0.15, 0.2) is 54.6 Å². The number of hydrogen-bond acceptors (Lipinski definition) is 7. The Morgan fingerprint density at radius 1 is 0.964 bits per heavy atom. The molecule has 28 heavy (non-hydrogen) atoms. The third-order valence-electron chi connectivity index (χ3n) is 5.18. The van der Waals surface area contributed by atoms with Crippen molar-refractivity contribution in [2.75, 3.05) is 0 Å².